The zero-order chi connectivity index (χ0) is 16.2. The number of esters is 1. The smallest absolute Gasteiger partial charge is 0.337 e. The first-order valence-corrected chi connectivity index (χ1v) is 8.98. The third-order valence-corrected chi connectivity index (χ3v) is 5.65. The van der Waals surface area contributed by atoms with Gasteiger partial charge in [-0.05, 0) is 37.0 Å². The Balaban J connectivity index is 2.09. The van der Waals surface area contributed by atoms with Crippen molar-refractivity contribution in [2.24, 2.45) is 5.92 Å². The molecule has 2 rings (SSSR count). The van der Waals surface area contributed by atoms with Crippen LogP contribution in [0, 0.1) is 5.92 Å². The maximum Gasteiger partial charge on any atom is 0.337 e. The number of anilines is 1. The lowest BCUT2D eigenvalue weighted by molar-refractivity contribution is 0.0600. The van der Waals surface area contributed by atoms with Crippen LogP contribution in [0.5, 0.6) is 5.75 Å². The van der Waals surface area contributed by atoms with Crippen molar-refractivity contribution in [3.63, 3.8) is 0 Å². The molecule has 1 N–H and O–H groups in total. The standard InChI is InChI=1S/C15H21NO5S/c1-20-14-6-5-12(15(17)21-2)8-13(14)16-9-11-4-3-7-22(18,19)10-11/h5-6,8,11,16H,3-4,7,9-10H2,1-2H3. The predicted octanol–water partition coefficient (Wildman–Crippen LogP) is 1.72. The lowest BCUT2D eigenvalue weighted by atomic mass is 10.1. The highest BCUT2D eigenvalue weighted by atomic mass is 32.2. The van der Waals surface area contributed by atoms with Crippen LogP contribution in [0.4, 0.5) is 5.69 Å². The molecule has 0 spiro atoms. The van der Waals surface area contributed by atoms with Crippen LogP contribution in [0.1, 0.15) is 23.2 Å². The van der Waals surface area contributed by atoms with Crippen LogP contribution in [0.3, 0.4) is 0 Å². The van der Waals surface area contributed by atoms with Crippen LogP contribution in [-0.2, 0) is 14.6 Å². The summed E-state index contributed by atoms with van der Waals surface area (Å²) >= 11 is 0. The fraction of sp³-hybridized carbons (Fsp3) is 0.533. The number of benzene rings is 1. The maximum absolute atomic E-state index is 11.7. The third-order valence-electron chi connectivity index (χ3n) is 3.76. The van der Waals surface area contributed by atoms with Crippen LogP contribution in [0.25, 0.3) is 0 Å². The molecule has 0 saturated carbocycles. The van der Waals surface area contributed by atoms with Gasteiger partial charge in [-0.1, -0.05) is 0 Å². The van der Waals surface area contributed by atoms with E-state index >= 15 is 0 Å². The van der Waals surface area contributed by atoms with Crippen molar-refractivity contribution in [3.05, 3.63) is 23.8 Å². The summed E-state index contributed by atoms with van der Waals surface area (Å²) in [6, 6.07) is 4.97. The second-order valence-electron chi connectivity index (χ2n) is 5.41. The highest BCUT2D eigenvalue weighted by molar-refractivity contribution is 7.91. The molecule has 1 saturated heterocycles. The molecule has 1 aliphatic heterocycles. The van der Waals surface area contributed by atoms with Gasteiger partial charge in [-0.25, -0.2) is 13.2 Å². The Morgan fingerprint density at radius 1 is 1.36 bits per heavy atom. The van der Waals surface area contributed by atoms with Gasteiger partial charge in [0.1, 0.15) is 5.75 Å². The number of sulfone groups is 1. The van der Waals surface area contributed by atoms with Crippen molar-refractivity contribution >= 4 is 21.5 Å². The fourth-order valence-corrected chi connectivity index (χ4v) is 4.40. The van der Waals surface area contributed by atoms with Crippen LogP contribution in [0.2, 0.25) is 0 Å². The number of carbonyl (C=O) groups excluding carboxylic acids is 1. The van der Waals surface area contributed by atoms with E-state index in [0.29, 0.717) is 30.0 Å². The highest BCUT2D eigenvalue weighted by Crippen LogP contribution is 2.27. The number of hydrogen-bond donors (Lipinski definition) is 1. The summed E-state index contributed by atoms with van der Waals surface area (Å²) < 4.78 is 33.3. The minimum Gasteiger partial charge on any atom is -0.495 e. The molecule has 1 aromatic rings. The zero-order valence-corrected chi connectivity index (χ0v) is 13.6. The van der Waals surface area contributed by atoms with E-state index in [4.69, 9.17) is 9.47 Å². The number of nitrogens with one attached hydrogen (secondary N) is 1. The van der Waals surface area contributed by atoms with Gasteiger partial charge in [0.05, 0.1) is 37.0 Å². The first kappa shape index (κ1) is 16.6. The third kappa shape index (κ3) is 4.13. The van der Waals surface area contributed by atoms with Crippen molar-refractivity contribution < 1.29 is 22.7 Å². The first-order chi connectivity index (χ1) is 10.4. The molecule has 0 amide bonds. The SMILES string of the molecule is COC(=O)c1ccc(OC)c(NCC2CCCS(=O)(=O)C2)c1. The summed E-state index contributed by atoms with van der Waals surface area (Å²) in [5.74, 6) is 0.742. The van der Waals surface area contributed by atoms with Gasteiger partial charge in [0, 0.05) is 6.54 Å². The first-order valence-electron chi connectivity index (χ1n) is 7.16. The van der Waals surface area contributed by atoms with Gasteiger partial charge in [-0.2, -0.15) is 0 Å². The molecule has 0 bridgehead atoms. The van der Waals surface area contributed by atoms with Crippen molar-refractivity contribution in [1.29, 1.82) is 0 Å². The van der Waals surface area contributed by atoms with Gasteiger partial charge in [0.25, 0.3) is 0 Å². The molecule has 122 valence electrons. The topological polar surface area (TPSA) is 81.7 Å². The summed E-state index contributed by atoms with van der Waals surface area (Å²) in [5.41, 5.74) is 1.08. The van der Waals surface area contributed by atoms with E-state index in [2.05, 4.69) is 5.32 Å². The zero-order valence-electron chi connectivity index (χ0n) is 12.8. The van der Waals surface area contributed by atoms with Crippen LogP contribution < -0.4 is 10.1 Å². The molecule has 1 aliphatic rings. The summed E-state index contributed by atoms with van der Waals surface area (Å²) in [6.07, 6.45) is 1.58. The Kier molecular flexibility index (Phi) is 5.28. The van der Waals surface area contributed by atoms with E-state index in [0.717, 1.165) is 6.42 Å². The average Bonchev–Trinajstić information content (AvgIpc) is 2.51. The number of rotatable bonds is 5. The quantitative estimate of drug-likeness (QED) is 0.829. The van der Waals surface area contributed by atoms with Gasteiger partial charge < -0.3 is 14.8 Å². The number of hydrogen-bond acceptors (Lipinski definition) is 6. The predicted molar refractivity (Wildman–Crippen MR) is 84.2 cm³/mol. The Morgan fingerprint density at radius 3 is 2.77 bits per heavy atom. The molecule has 6 nitrogen and oxygen atoms in total. The molecule has 0 aromatic heterocycles. The number of ether oxygens (including phenoxy) is 2. The highest BCUT2D eigenvalue weighted by Gasteiger charge is 2.24. The Labute approximate surface area is 130 Å². The maximum atomic E-state index is 11.7. The van der Waals surface area contributed by atoms with Crippen molar-refractivity contribution in [1.82, 2.24) is 0 Å². The van der Waals surface area contributed by atoms with Crippen molar-refractivity contribution in [3.8, 4) is 5.75 Å². The Bertz CT molecular complexity index is 641. The average molecular weight is 327 g/mol. The van der Waals surface area contributed by atoms with Gasteiger partial charge >= 0.3 is 5.97 Å². The van der Waals surface area contributed by atoms with E-state index in [9.17, 15) is 13.2 Å². The molecular formula is C15H21NO5S. The number of carbonyl (C=O) groups is 1. The Morgan fingerprint density at radius 2 is 2.14 bits per heavy atom. The summed E-state index contributed by atoms with van der Waals surface area (Å²) in [6.45, 7) is 0.528. The van der Waals surface area contributed by atoms with E-state index in [1.165, 1.54) is 7.11 Å². The second kappa shape index (κ2) is 7.00. The minimum absolute atomic E-state index is 0.0743. The van der Waals surface area contributed by atoms with E-state index < -0.39 is 15.8 Å². The molecule has 0 radical (unpaired) electrons. The van der Waals surface area contributed by atoms with Crippen LogP contribution in [-0.4, -0.2) is 46.7 Å². The molecule has 1 heterocycles. The molecular weight excluding hydrogens is 306 g/mol. The van der Waals surface area contributed by atoms with Gasteiger partial charge in [-0.15, -0.1) is 0 Å². The molecule has 22 heavy (non-hydrogen) atoms. The monoisotopic (exact) mass is 327 g/mol. The lowest BCUT2D eigenvalue weighted by Gasteiger charge is -2.23. The Hall–Kier alpha value is -1.76. The number of methoxy groups -OCH3 is 2. The lowest BCUT2D eigenvalue weighted by Crippen LogP contribution is -2.29. The normalized spacial score (nSPS) is 20.2. The van der Waals surface area contributed by atoms with Gasteiger partial charge in [-0.3, -0.25) is 0 Å². The van der Waals surface area contributed by atoms with E-state index in [-0.39, 0.29) is 17.4 Å². The summed E-state index contributed by atoms with van der Waals surface area (Å²) in [7, 11) is -0.0519. The largest absolute Gasteiger partial charge is 0.495 e. The fourth-order valence-electron chi connectivity index (χ4n) is 2.62. The van der Waals surface area contributed by atoms with Gasteiger partial charge in [0.15, 0.2) is 9.84 Å². The van der Waals surface area contributed by atoms with Crippen LogP contribution >= 0.6 is 0 Å². The van der Waals surface area contributed by atoms with Crippen molar-refractivity contribution in [2.75, 3.05) is 37.6 Å². The molecule has 1 atom stereocenters. The van der Waals surface area contributed by atoms with Crippen molar-refractivity contribution in [2.45, 2.75) is 12.8 Å². The minimum atomic E-state index is -2.92. The molecule has 7 heteroatoms. The molecule has 0 aliphatic carbocycles. The van der Waals surface area contributed by atoms with E-state index in [1.807, 2.05) is 0 Å². The summed E-state index contributed by atoms with van der Waals surface area (Å²) in [4.78, 5) is 11.6. The molecule has 1 unspecified atom stereocenters. The molecule has 1 fully saturated rings. The van der Waals surface area contributed by atoms with Crippen LogP contribution in [0.15, 0.2) is 18.2 Å². The molecule has 1 aromatic carbocycles. The van der Waals surface area contributed by atoms with Gasteiger partial charge in [0.2, 0.25) is 0 Å². The second-order valence-corrected chi connectivity index (χ2v) is 7.64. The van der Waals surface area contributed by atoms with E-state index in [1.54, 1.807) is 25.3 Å². The summed E-state index contributed by atoms with van der Waals surface area (Å²) in [5, 5.41) is 3.19.